The molecule has 0 amide bonds. The number of rotatable bonds is 29. The molecule has 2 aliphatic rings. The molecule has 0 unspecified atom stereocenters. The molecule has 2 heterocycles. The zero-order valence-electron chi connectivity index (χ0n) is 48.4. The number of hydrogen-bond donors (Lipinski definition) is 0. The molecule has 85 heavy (non-hydrogen) atoms. The van der Waals surface area contributed by atoms with Gasteiger partial charge < -0.3 is 71.1 Å². The summed E-state index contributed by atoms with van der Waals surface area (Å²) in [5.74, 6) is 2.04. The molecule has 0 spiro atoms. The van der Waals surface area contributed by atoms with Crippen molar-refractivity contribution >= 4 is 23.7 Å². The fourth-order valence-corrected chi connectivity index (χ4v) is 11.3. The van der Waals surface area contributed by atoms with E-state index in [1.807, 2.05) is 121 Å². The van der Waals surface area contributed by atoms with Crippen molar-refractivity contribution in [3.8, 4) is 28.7 Å². The minimum Gasteiger partial charge on any atom is -0.497 e. The van der Waals surface area contributed by atoms with Crippen LogP contribution in [0.4, 0.5) is 0 Å². The van der Waals surface area contributed by atoms with Crippen molar-refractivity contribution in [2.75, 3.05) is 55.9 Å². The first-order valence-corrected chi connectivity index (χ1v) is 28.8. The average molecular weight is 1180 g/mol. The molecule has 2 fully saturated rings. The molecule has 0 aliphatic carbocycles. The van der Waals surface area contributed by atoms with Crippen LogP contribution in [0.15, 0.2) is 182 Å². The molecule has 17 nitrogen and oxygen atoms in total. The minimum absolute atomic E-state index is 0.0896. The van der Waals surface area contributed by atoms with Gasteiger partial charge >= 0.3 is 11.9 Å². The Bertz CT molecular complexity index is 3100. The van der Waals surface area contributed by atoms with Crippen LogP contribution in [0.25, 0.3) is 0 Å². The Kier molecular flexibility index (Phi) is 23.1. The molecule has 0 aromatic heterocycles. The van der Waals surface area contributed by atoms with Crippen molar-refractivity contribution in [3.63, 3.8) is 0 Å². The second kappa shape index (κ2) is 31.6. The van der Waals surface area contributed by atoms with E-state index in [1.165, 1.54) is 18.9 Å². The summed E-state index contributed by atoms with van der Waals surface area (Å²) in [6.07, 6.45) is -8.95. The third kappa shape index (κ3) is 17.1. The molecule has 10 atom stereocenters. The first-order chi connectivity index (χ1) is 41.6. The number of esters is 2. The molecule has 0 radical (unpaired) electrons. The van der Waals surface area contributed by atoms with Crippen LogP contribution in [0, 0.1) is 0 Å². The lowest BCUT2D eigenvalue weighted by Crippen LogP contribution is -2.65. The molecule has 2 aliphatic heterocycles. The normalized spacial score (nSPS) is 22.0. The molecule has 7 aromatic rings. The van der Waals surface area contributed by atoms with Crippen LogP contribution in [-0.4, -0.2) is 128 Å². The summed E-state index contributed by atoms with van der Waals surface area (Å²) in [6.45, 7) is 0.828. The van der Waals surface area contributed by atoms with E-state index in [9.17, 15) is 9.59 Å². The lowest BCUT2D eigenvalue weighted by Gasteiger charge is -2.49. The summed E-state index contributed by atoms with van der Waals surface area (Å²) in [5, 5.41) is -0.527. The SMILES string of the molecule is COc1ccc(COC[C@H]2O[C@H](OC)[C@H](OC(=O)c3ccccc3)[C@@H](OC(=O)c3ccccc3)[C@@H]2O[C@H]2S[C@H](COCc3ccc(OC)cc3)[C@@H](OCc3ccc(OC)cc3)[C@H](OCc3ccc(OC)cc3)[C@H]2OCc2ccc(OC)cc2)cc1. The van der Waals surface area contributed by atoms with Gasteiger partial charge in [0.1, 0.15) is 64.7 Å². The highest BCUT2D eigenvalue weighted by Gasteiger charge is 2.56. The Morgan fingerprint density at radius 3 is 1.15 bits per heavy atom. The monoisotopic (exact) mass is 1180 g/mol. The van der Waals surface area contributed by atoms with Gasteiger partial charge in [0.2, 0.25) is 0 Å². The molecule has 7 aromatic carbocycles. The standard InChI is InChI=1S/C67H72O17S/c1-70-51-27-17-44(18-28-51)37-76-42-56-58(61(82-64(68)49-13-9-7-10-14-49)62(66(75-6)81-56)83-65(69)50-15-11-8-12-16-50)84-67-63(80-41-48-25-35-55(74-5)36-26-48)60(79-40-47-23-33-54(73-4)34-24-47)59(78-39-46-21-31-53(72-3)32-22-46)57(85-67)43-77-38-45-19-29-52(71-2)30-20-45/h7-36,56-63,66-67H,37-43H2,1-6H3/t56-,57-,58-,59-,60+,61+,62-,63-,66+,67+/m1/s1. The number of thioether (sulfide) groups is 1. The number of carbonyl (C=O) groups excluding carboxylic acids is 2. The quantitative estimate of drug-likeness (QED) is 0.0405. The van der Waals surface area contributed by atoms with Crippen molar-refractivity contribution in [1.29, 1.82) is 0 Å². The van der Waals surface area contributed by atoms with Crippen molar-refractivity contribution in [2.45, 2.75) is 92.7 Å². The second-order valence-electron chi connectivity index (χ2n) is 20.0. The lowest BCUT2D eigenvalue weighted by atomic mass is 9.97. The molecular weight excluding hydrogens is 1110 g/mol. The fourth-order valence-electron chi connectivity index (χ4n) is 9.77. The Balaban J connectivity index is 1.15. The van der Waals surface area contributed by atoms with Gasteiger partial charge in [-0.3, -0.25) is 0 Å². The third-order valence-corrected chi connectivity index (χ3v) is 15.8. The van der Waals surface area contributed by atoms with Gasteiger partial charge in [0.05, 0.1) is 98.2 Å². The largest absolute Gasteiger partial charge is 0.497 e. The summed E-state index contributed by atoms with van der Waals surface area (Å²) in [4.78, 5) is 28.9. The zero-order valence-corrected chi connectivity index (χ0v) is 49.2. The molecular formula is C67H72O17S. The van der Waals surface area contributed by atoms with E-state index in [-0.39, 0.29) is 57.4 Å². The molecule has 9 rings (SSSR count). The first-order valence-electron chi connectivity index (χ1n) is 27.8. The van der Waals surface area contributed by atoms with Crippen molar-refractivity contribution in [2.24, 2.45) is 0 Å². The number of benzene rings is 7. The smallest absolute Gasteiger partial charge is 0.338 e. The summed E-state index contributed by atoms with van der Waals surface area (Å²) in [7, 11) is 9.50. The fraction of sp³-hybridized carbons (Fsp3) is 0.343. The number of carbonyl (C=O) groups is 2. The highest BCUT2D eigenvalue weighted by molar-refractivity contribution is 8.00. The highest BCUT2D eigenvalue weighted by atomic mass is 32.2. The number of methoxy groups -OCH3 is 6. The predicted octanol–water partition coefficient (Wildman–Crippen LogP) is 10.9. The van der Waals surface area contributed by atoms with E-state index in [0.717, 1.165) is 27.8 Å². The van der Waals surface area contributed by atoms with Crippen molar-refractivity contribution in [1.82, 2.24) is 0 Å². The van der Waals surface area contributed by atoms with E-state index in [2.05, 4.69) is 0 Å². The molecule has 0 bridgehead atoms. The van der Waals surface area contributed by atoms with E-state index < -0.39 is 71.6 Å². The van der Waals surface area contributed by atoms with Crippen LogP contribution in [0.3, 0.4) is 0 Å². The van der Waals surface area contributed by atoms with Crippen LogP contribution in [0.5, 0.6) is 28.7 Å². The van der Waals surface area contributed by atoms with Gasteiger partial charge in [0.25, 0.3) is 0 Å². The first kappa shape index (κ1) is 62.1. The van der Waals surface area contributed by atoms with Gasteiger partial charge in [-0.25, -0.2) is 9.59 Å². The highest BCUT2D eigenvalue weighted by Crippen LogP contribution is 2.43. The van der Waals surface area contributed by atoms with E-state index in [4.69, 9.17) is 71.1 Å². The topological polar surface area (TPSA) is 173 Å². The van der Waals surface area contributed by atoms with Crippen molar-refractivity contribution in [3.05, 3.63) is 221 Å². The van der Waals surface area contributed by atoms with Gasteiger partial charge in [-0.15, -0.1) is 11.8 Å². The zero-order chi connectivity index (χ0) is 59.3. The second-order valence-corrected chi connectivity index (χ2v) is 21.3. The summed E-state index contributed by atoms with van der Waals surface area (Å²) in [6, 6.07) is 55.0. The van der Waals surface area contributed by atoms with Crippen LogP contribution < -0.4 is 23.7 Å². The average Bonchev–Trinajstić information content (AvgIpc) is 2.14. The van der Waals surface area contributed by atoms with Gasteiger partial charge in [0, 0.05) is 7.11 Å². The molecule has 2 saturated heterocycles. The van der Waals surface area contributed by atoms with E-state index in [0.29, 0.717) is 28.7 Å². The molecule has 448 valence electrons. The minimum atomic E-state index is -1.40. The van der Waals surface area contributed by atoms with Gasteiger partial charge in [-0.2, -0.15) is 0 Å². The maximum absolute atomic E-state index is 14.6. The molecule has 18 heteroatoms. The Labute approximate surface area is 500 Å². The number of hydrogen-bond acceptors (Lipinski definition) is 18. The maximum atomic E-state index is 14.6. The van der Waals surface area contributed by atoms with E-state index >= 15 is 0 Å². The van der Waals surface area contributed by atoms with E-state index in [1.54, 1.807) is 96.2 Å². The Morgan fingerprint density at radius 1 is 0.388 bits per heavy atom. The third-order valence-electron chi connectivity index (χ3n) is 14.4. The summed E-state index contributed by atoms with van der Waals surface area (Å²) < 4.78 is 95.4. The maximum Gasteiger partial charge on any atom is 0.338 e. The molecule has 0 saturated carbocycles. The van der Waals surface area contributed by atoms with Crippen LogP contribution >= 0.6 is 11.8 Å². The summed E-state index contributed by atoms with van der Waals surface area (Å²) >= 11 is 1.42. The Hall–Kier alpha value is -7.49. The summed E-state index contributed by atoms with van der Waals surface area (Å²) in [5.41, 5.74) is 3.83. The molecule has 0 N–H and O–H groups in total. The van der Waals surface area contributed by atoms with Crippen LogP contribution in [0.2, 0.25) is 0 Å². The van der Waals surface area contributed by atoms with Gasteiger partial charge in [-0.05, 0) is 113 Å². The van der Waals surface area contributed by atoms with Crippen LogP contribution in [-0.2, 0) is 80.4 Å². The lowest BCUT2D eigenvalue weighted by molar-refractivity contribution is -0.309. The van der Waals surface area contributed by atoms with Gasteiger partial charge in [-0.1, -0.05) is 97.1 Å². The predicted molar refractivity (Wildman–Crippen MR) is 317 cm³/mol. The van der Waals surface area contributed by atoms with Gasteiger partial charge in [0.15, 0.2) is 18.5 Å². The van der Waals surface area contributed by atoms with Crippen LogP contribution in [0.1, 0.15) is 48.5 Å². The number of ether oxygens (including phenoxy) is 15. The van der Waals surface area contributed by atoms with Crippen molar-refractivity contribution < 1.29 is 80.6 Å². The Morgan fingerprint density at radius 2 is 0.753 bits per heavy atom.